The minimum atomic E-state index is -0.528. The molecule has 0 saturated heterocycles. The highest BCUT2D eigenvalue weighted by atomic mass is 16.2. The van der Waals surface area contributed by atoms with Crippen molar-refractivity contribution in [1.82, 2.24) is 9.55 Å². The lowest BCUT2D eigenvalue weighted by molar-refractivity contribution is -0.116. The maximum Gasteiger partial charge on any atom is 0.330 e. The van der Waals surface area contributed by atoms with Gasteiger partial charge in [-0.05, 0) is 18.8 Å². The number of carbonyl (C=O) groups excluding carboxylic acids is 1. The Labute approximate surface area is 141 Å². The van der Waals surface area contributed by atoms with E-state index in [1.807, 2.05) is 6.92 Å². The van der Waals surface area contributed by atoms with E-state index in [9.17, 15) is 14.4 Å². The fraction of sp³-hybridized carbons (Fsp3) is 0.688. The van der Waals surface area contributed by atoms with E-state index in [1.54, 1.807) is 0 Å². The molecule has 8 nitrogen and oxygen atoms in total. The number of nitrogens with two attached hydrogens (primary N) is 1. The number of hydrogen-bond acceptors (Lipinski definition) is 5. The average Bonchev–Trinajstić information content (AvgIpc) is 2.49. The molecule has 5 N–H and O–H groups in total. The summed E-state index contributed by atoms with van der Waals surface area (Å²) in [4.78, 5) is 38.6. The number of amides is 1. The summed E-state index contributed by atoms with van der Waals surface area (Å²) in [5.41, 5.74) is 4.57. The zero-order chi connectivity index (χ0) is 18.1. The predicted octanol–water partition coefficient (Wildman–Crippen LogP) is 1.08. The number of rotatable bonds is 10. The van der Waals surface area contributed by atoms with Gasteiger partial charge in [0.2, 0.25) is 5.91 Å². The third-order valence-corrected chi connectivity index (χ3v) is 3.59. The second-order valence-electron chi connectivity index (χ2n) is 6.18. The van der Waals surface area contributed by atoms with E-state index in [1.165, 1.54) is 4.57 Å². The highest BCUT2D eigenvalue weighted by Gasteiger charge is 2.17. The molecule has 1 rings (SSSR count). The van der Waals surface area contributed by atoms with Gasteiger partial charge < -0.3 is 16.4 Å². The van der Waals surface area contributed by atoms with Crippen molar-refractivity contribution in [3.63, 3.8) is 0 Å². The number of anilines is 2. The van der Waals surface area contributed by atoms with Crippen molar-refractivity contribution in [2.75, 3.05) is 23.7 Å². The van der Waals surface area contributed by atoms with Crippen LogP contribution in [0.2, 0.25) is 0 Å². The highest BCUT2D eigenvalue weighted by molar-refractivity contribution is 5.92. The van der Waals surface area contributed by atoms with Gasteiger partial charge in [-0.25, -0.2) is 4.79 Å². The molecule has 1 aromatic heterocycles. The van der Waals surface area contributed by atoms with Crippen LogP contribution in [0, 0.1) is 5.92 Å². The minimum Gasteiger partial charge on any atom is -0.378 e. The van der Waals surface area contributed by atoms with Crippen molar-refractivity contribution >= 4 is 17.4 Å². The van der Waals surface area contributed by atoms with Gasteiger partial charge in [0.05, 0.1) is 0 Å². The summed E-state index contributed by atoms with van der Waals surface area (Å²) in [6.07, 6.45) is 2.64. The van der Waals surface area contributed by atoms with Crippen LogP contribution >= 0.6 is 0 Å². The first-order valence-corrected chi connectivity index (χ1v) is 8.51. The fourth-order valence-corrected chi connectivity index (χ4v) is 2.21. The monoisotopic (exact) mass is 339 g/mol. The molecule has 0 atom stereocenters. The number of aromatic amines is 1. The molecule has 1 amide bonds. The smallest absolute Gasteiger partial charge is 0.330 e. The lowest BCUT2D eigenvalue weighted by Crippen LogP contribution is -2.35. The molecule has 8 heteroatoms. The molecule has 0 fully saturated rings. The van der Waals surface area contributed by atoms with E-state index < -0.39 is 11.2 Å². The Hall–Kier alpha value is -2.09. The van der Waals surface area contributed by atoms with E-state index in [4.69, 9.17) is 5.73 Å². The van der Waals surface area contributed by atoms with Crippen molar-refractivity contribution in [2.24, 2.45) is 11.7 Å². The molecule has 0 saturated carbocycles. The Morgan fingerprint density at radius 2 is 2.04 bits per heavy atom. The van der Waals surface area contributed by atoms with Crippen molar-refractivity contribution in [1.29, 1.82) is 0 Å². The molecular formula is C16H29N5O3. The van der Waals surface area contributed by atoms with E-state index in [2.05, 4.69) is 29.5 Å². The van der Waals surface area contributed by atoms with Gasteiger partial charge in [0.25, 0.3) is 5.56 Å². The topological polar surface area (TPSA) is 122 Å². The van der Waals surface area contributed by atoms with Gasteiger partial charge >= 0.3 is 5.69 Å². The van der Waals surface area contributed by atoms with Crippen LogP contribution in [-0.2, 0) is 11.3 Å². The summed E-state index contributed by atoms with van der Waals surface area (Å²) in [6, 6.07) is 0. The normalized spacial score (nSPS) is 10.9. The van der Waals surface area contributed by atoms with Crippen LogP contribution in [0.25, 0.3) is 0 Å². The molecule has 0 radical (unpaired) electrons. The Bertz CT molecular complexity index is 648. The van der Waals surface area contributed by atoms with Crippen molar-refractivity contribution < 1.29 is 4.79 Å². The third-order valence-electron chi connectivity index (χ3n) is 3.59. The fourth-order valence-electron chi connectivity index (χ4n) is 2.21. The molecular weight excluding hydrogens is 310 g/mol. The van der Waals surface area contributed by atoms with E-state index in [-0.39, 0.29) is 30.4 Å². The molecule has 24 heavy (non-hydrogen) atoms. The van der Waals surface area contributed by atoms with Crippen LogP contribution in [0.15, 0.2) is 9.59 Å². The van der Waals surface area contributed by atoms with Gasteiger partial charge in [-0.1, -0.05) is 27.2 Å². The standard InChI is InChI=1S/C16H29N5O3/c1-4-5-10-21-14(19-12(22)6-8-17)13(15(23)20-16(21)24)18-9-7-11(2)3/h11,18H,4-10,17H2,1-3H3,(H,19,22)(H,20,23,24). The Morgan fingerprint density at radius 1 is 1.33 bits per heavy atom. The van der Waals surface area contributed by atoms with Gasteiger partial charge in [0.15, 0.2) is 0 Å². The number of unbranched alkanes of at least 4 members (excludes halogenated alkanes) is 1. The van der Waals surface area contributed by atoms with Crippen LogP contribution in [0.4, 0.5) is 11.5 Å². The first-order valence-electron chi connectivity index (χ1n) is 8.51. The van der Waals surface area contributed by atoms with E-state index in [0.29, 0.717) is 19.0 Å². The lowest BCUT2D eigenvalue weighted by atomic mass is 10.1. The molecule has 0 aromatic carbocycles. The summed E-state index contributed by atoms with van der Waals surface area (Å²) < 4.78 is 1.40. The van der Waals surface area contributed by atoms with E-state index in [0.717, 1.165) is 19.3 Å². The van der Waals surface area contributed by atoms with Gasteiger partial charge in [-0.15, -0.1) is 0 Å². The maximum atomic E-state index is 12.2. The van der Waals surface area contributed by atoms with Gasteiger partial charge in [0, 0.05) is 26.1 Å². The largest absolute Gasteiger partial charge is 0.378 e. The van der Waals surface area contributed by atoms with Crippen LogP contribution in [0.3, 0.4) is 0 Å². The summed E-state index contributed by atoms with van der Waals surface area (Å²) >= 11 is 0. The molecule has 1 heterocycles. The zero-order valence-electron chi connectivity index (χ0n) is 14.8. The van der Waals surface area contributed by atoms with Gasteiger partial charge in [-0.2, -0.15) is 0 Å². The Kier molecular flexibility index (Phi) is 8.25. The molecule has 136 valence electrons. The van der Waals surface area contributed by atoms with Crippen LogP contribution in [-0.4, -0.2) is 28.5 Å². The lowest BCUT2D eigenvalue weighted by Gasteiger charge is -2.18. The van der Waals surface area contributed by atoms with Crippen LogP contribution < -0.4 is 27.6 Å². The molecule has 0 unspecified atom stereocenters. The third kappa shape index (κ3) is 5.84. The Balaban J connectivity index is 3.23. The van der Waals surface area contributed by atoms with Crippen molar-refractivity contribution in [2.45, 2.75) is 53.0 Å². The summed E-state index contributed by atoms with van der Waals surface area (Å²) in [5, 5.41) is 5.73. The first kappa shape index (κ1) is 20.0. The van der Waals surface area contributed by atoms with Crippen LogP contribution in [0.1, 0.15) is 46.5 Å². The SMILES string of the molecule is CCCCn1c(NC(=O)CCN)c(NCCC(C)C)c(=O)[nH]c1=O. The van der Waals surface area contributed by atoms with Crippen molar-refractivity contribution in [3.8, 4) is 0 Å². The number of nitrogens with one attached hydrogen (secondary N) is 3. The first-order chi connectivity index (χ1) is 11.4. The van der Waals surface area contributed by atoms with Crippen LogP contribution in [0.5, 0.6) is 0 Å². The number of carbonyl (C=O) groups is 1. The second-order valence-corrected chi connectivity index (χ2v) is 6.18. The molecule has 0 aliphatic carbocycles. The maximum absolute atomic E-state index is 12.2. The van der Waals surface area contributed by atoms with E-state index >= 15 is 0 Å². The average molecular weight is 339 g/mol. The summed E-state index contributed by atoms with van der Waals surface area (Å²) in [7, 11) is 0. The summed E-state index contributed by atoms with van der Waals surface area (Å²) in [6.45, 7) is 7.36. The number of nitrogens with zero attached hydrogens (tertiary/aromatic N) is 1. The number of hydrogen-bond donors (Lipinski definition) is 4. The second kappa shape index (κ2) is 9.92. The molecule has 0 aliphatic heterocycles. The predicted molar refractivity (Wildman–Crippen MR) is 96.5 cm³/mol. The summed E-state index contributed by atoms with van der Waals surface area (Å²) in [5.74, 6) is 0.372. The molecule has 0 spiro atoms. The molecule has 0 bridgehead atoms. The highest BCUT2D eigenvalue weighted by Crippen LogP contribution is 2.16. The Morgan fingerprint density at radius 3 is 2.62 bits per heavy atom. The quantitative estimate of drug-likeness (QED) is 0.508. The van der Waals surface area contributed by atoms with Gasteiger partial charge in [0.1, 0.15) is 11.5 Å². The van der Waals surface area contributed by atoms with Gasteiger partial charge in [-0.3, -0.25) is 19.1 Å². The zero-order valence-corrected chi connectivity index (χ0v) is 14.8. The molecule has 0 aliphatic rings. The molecule has 1 aromatic rings. The minimum absolute atomic E-state index is 0.125. The number of aromatic nitrogens is 2. The van der Waals surface area contributed by atoms with Crippen molar-refractivity contribution in [3.05, 3.63) is 20.8 Å². The number of H-pyrrole nitrogens is 1.